The smallest absolute Gasteiger partial charge is 0.170 e. The Kier molecular flexibility index (Phi) is 3.23. The molecule has 17 heavy (non-hydrogen) atoms. The zero-order valence-electron chi connectivity index (χ0n) is 9.27. The molecule has 1 aromatic carbocycles. The summed E-state index contributed by atoms with van der Waals surface area (Å²) >= 11 is 0. The maximum absolute atomic E-state index is 13.8. The number of Topliss-reactive ketones (excluding diaryl/α,β-unsaturated/α-hetero) is 1. The van der Waals surface area contributed by atoms with Crippen molar-refractivity contribution in [2.75, 3.05) is 7.11 Å². The van der Waals surface area contributed by atoms with Crippen LogP contribution in [0.15, 0.2) is 41.2 Å². The van der Waals surface area contributed by atoms with Gasteiger partial charge >= 0.3 is 0 Å². The second-order valence-corrected chi connectivity index (χ2v) is 3.55. The first-order valence-electron chi connectivity index (χ1n) is 5.09. The third-order valence-corrected chi connectivity index (χ3v) is 2.46. The molecule has 0 aliphatic heterocycles. The Labute approximate surface area is 97.8 Å². The second-order valence-electron chi connectivity index (χ2n) is 3.55. The highest BCUT2D eigenvalue weighted by molar-refractivity contribution is 5.97. The van der Waals surface area contributed by atoms with E-state index in [4.69, 9.17) is 9.15 Å². The summed E-state index contributed by atoms with van der Waals surface area (Å²) in [4.78, 5) is 11.8. The summed E-state index contributed by atoms with van der Waals surface area (Å²) in [6.45, 7) is 0. The fourth-order valence-electron chi connectivity index (χ4n) is 1.55. The lowest BCUT2D eigenvalue weighted by Gasteiger charge is -2.05. The number of halogens is 1. The summed E-state index contributed by atoms with van der Waals surface area (Å²) in [7, 11) is 1.39. The number of methoxy groups -OCH3 is 1. The minimum Gasteiger partial charge on any atom is -0.494 e. The largest absolute Gasteiger partial charge is 0.494 e. The lowest BCUT2D eigenvalue weighted by Crippen LogP contribution is -2.04. The number of ketones is 1. The fraction of sp³-hybridized carbons (Fsp3) is 0.154. The van der Waals surface area contributed by atoms with Gasteiger partial charge in [-0.1, -0.05) is 12.1 Å². The number of rotatable bonds is 4. The van der Waals surface area contributed by atoms with Gasteiger partial charge in [0, 0.05) is 6.42 Å². The molecule has 88 valence electrons. The quantitative estimate of drug-likeness (QED) is 0.763. The van der Waals surface area contributed by atoms with Crippen molar-refractivity contribution in [1.82, 2.24) is 0 Å². The van der Waals surface area contributed by atoms with E-state index in [-0.39, 0.29) is 18.0 Å². The molecule has 0 unspecified atom stereocenters. The first-order valence-corrected chi connectivity index (χ1v) is 5.09. The van der Waals surface area contributed by atoms with Crippen molar-refractivity contribution in [3.63, 3.8) is 0 Å². The average Bonchev–Trinajstić information content (AvgIpc) is 2.85. The van der Waals surface area contributed by atoms with E-state index < -0.39 is 5.82 Å². The molecular formula is C13H11FO3. The van der Waals surface area contributed by atoms with Crippen LogP contribution >= 0.6 is 0 Å². The van der Waals surface area contributed by atoms with Crippen LogP contribution in [0.4, 0.5) is 4.39 Å². The van der Waals surface area contributed by atoms with Gasteiger partial charge in [-0.2, -0.15) is 0 Å². The van der Waals surface area contributed by atoms with E-state index in [9.17, 15) is 9.18 Å². The van der Waals surface area contributed by atoms with Crippen LogP contribution in [0.2, 0.25) is 0 Å². The lowest BCUT2D eigenvalue weighted by atomic mass is 10.0. The van der Waals surface area contributed by atoms with Crippen molar-refractivity contribution in [3.05, 3.63) is 53.7 Å². The molecule has 1 aromatic heterocycles. The van der Waals surface area contributed by atoms with Crippen molar-refractivity contribution in [2.45, 2.75) is 6.42 Å². The molecule has 0 fully saturated rings. The Morgan fingerprint density at radius 3 is 2.88 bits per heavy atom. The van der Waals surface area contributed by atoms with Gasteiger partial charge in [0.1, 0.15) is 6.26 Å². The van der Waals surface area contributed by atoms with Crippen LogP contribution in [-0.4, -0.2) is 12.9 Å². The van der Waals surface area contributed by atoms with Gasteiger partial charge in [-0.15, -0.1) is 0 Å². The van der Waals surface area contributed by atoms with Crippen LogP contribution in [-0.2, 0) is 6.42 Å². The van der Waals surface area contributed by atoms with Crippen molar-refractivity contribution in [3.8, 4) is 5.75 Å². The molecule has 0 bridgehead atoms. The fourth-order valence-corrected chi connectivity index (χ4v) is 1.55. The van der Waals surface area contributed by atoms with Gasteiger partial charge in [0.25, 0.3) is 0 Å². The molecule has 0 N–H and O–H groups in total. The van der Waals surface area contributed by atoms with Gasteiger partial charge in [0.15, 0.2) is 17.3 Å². The van der Waals surface area contributed by atoms with Gasteiger partial charge in [-0.3, -0.25) is 4.79 Å². The van der Waals surface area contributed by atoms with Crippen LogP contribution < -0.4 is 4.74 Å². The minimum atomic E-state index is -0.494. The zero-order chi connectivity index (χ0) is 12.3. The summed E-state index contributed by atoms with van der Waals surface area (Å²) in [6.07, 6.45) is 2.75. The summed E-state index contributed by atoms with van der Waals surface area (Å²) in [5.41, 5.74) is 0.753. The van der Waals surface area contributed by atoms with Crippen molar-refractivity contribution < 1.29 is 18.3 Å². The van der Waals surface area contributed by atoms with Crippen LogP contribution in [0.1, 0.15) is 15.9 Å². The maximum Gasteiger partial charge on any atom is 0.170 e. The number of carbonyl (C=O) groups is 1. The highest BCUT2D eigenvalue weighted by atomic mass is 19.1. The molecule has 0 saturated carbocycles. The van der Waals surface area contributed by atoms with E-state index >= 15 is 0 Å². The molecule has 2 aromatic rings. The normalized spacial score (nSPS) is 10.2. The average molecular weight is 234 g/mol. The molecule has 0 saturated heterocycles. The number of hydrogen-bond acceptors (Lipinski definition) is 3. The highest BCUT2D eigenvalue weighted by Crippen LogP contribution is 2.21. The molecule has 0 aliphatic rings. The van der Waals surface area contributed by atoms with Gasteiger partial charge in [0.05, 0.1) is 18.9 Å². The molecule has 4 heteroatoms. The summed E-state index contributed by atoms with van der Waals surface area (Å²) in [5.74, 6) is -0.541. The van der Waals surface area contributed by atoms with Crippen molar-refractivity contribution in [2.24, 2.45) is 0 Å². The van der Waals surface area contributed by atoms with E-state index in [1.54, 1.807) is 18.2 Å². The molecule has 0 amide bonds. The SMILES string of the molecule is COc1cccc(CC(=O)c2ccoc2)c1F. The Morgan fingerprint density at radius 2 is 2.24 bits per heavy atom. The topological polar surface area (TPSA) is 39.4 Å². The molecule has 0 atom stereocenters. The van der Waals surface area contributed by atoms with Gasteiger partial charge < -0.3 is 9.15 Å². The van der Waals surface area contributed by atoms with Gasteiger partial charge in [-0.05, 0) is 17.7 Å². The Balaban J connectivity index is 2.22. The predicted molar refractivity (Wildman–Crippen MR) is 59.7 cm³/mol. The van der Waals surface area contributed by atoms with E-state index in [0.717, 1.165) is 0 Å². The number of furan rings is 1. The van der Waals surface area contributed by atoms with Crippen LogP contribution in [0, 0.1) is 5.82 Å². The van der Waals surface area contributed by atoms with E-state index in [1.165, 1.54) is 25.7 Å². The monoisotopic (exact) mass is 234 g/mol. The first-order chi connectivity index (χ1) is 8.22. The summed E-state index contributed by atoms with van der Waals surface area (Å²) in [5, 5.41) is 0. The molecule has 0 spiro atoms. The number of benzene rings is 1. The summed E-state index contributed by atoms with van der Waals surface area (Å²) in [6, 6.07) is 6.29. The highest BCUT2D eigenvalue weighted by Gasteiger charge is 2.14. The summed E-state index contributed by atoms with van der Waals surface area (Å²) < 4.78 is 23.4. The molecule has 2 rings (SSSR count). The molecule has 1 heterocycles. The number of hydrogen-bond donors (Lipinski definition) is 0. The molecule has 3 nitrogen and oxygen atoms in total. The third kappa shape index (κ3) is 2.36. The predicted octanol–water partition coefficient (Wildman–Crippen LogP) is 2.85. The number of carbonyl (C=O) groups excluding carboxylic acids is 1. The van der Waals surface area contributed by atoms with Crippen LogP contribution in [0.25, 0.3) is 0 Å². The zero-order valence-corrected chi connectivity index (χ0v) is 9.27. The van der Waals surface area contributed by atoms with Crippen LogP contribution in [0.5, 0.6) is 5.75 Å². The van der Waals surface area contributed by atoms with Crippen LogP contribution in [0.3, 0.4) is 0 Å². The van der Waals surface area contributed by atoms with Gasteiger partial charge in [-0.25, -0.2) is 4.39 Å². The minimum absolute atomic E-state index is 0.0113. The molecule has 0 aliphatic carbocycles. The Bertz CT molecular complexity index is 517. The van der Waals surface area contributed by atoms with Gasteiger partial charge in [0.2, 0.25) is 0 Å². The van der Waals surface area contributed by atoms with E-state index in [0.29, 0.717) is 11.1 Å². The lowest BCUT2D eigenvalue weighted by molar-refractivity contribution is 0.0991. The first kappa shape index (κ1) is 11.4. The maximum atomic E-state index is 13.8. The molecular weight excluding hydrogens is 223 g/mol. The molecule has 0 radical (unpaired) electrons. The van der Waals surface area contributed by atoms with E-state index in [2.05, 4.69) is 0 Å². The number of ether oxygens (including phenoxy) is 1. The Hall–Kier alpha value is -2.10. The van der Waals surface area contributed by atoms with Crippen molar-refractivity contribution >= 4 is 5.78 Å². The Morgan fingerprint density at radius 1 is 1.41 bits per heavy atom. The third-order valence-electron chi connectivity index (χ3n) is 2.46. The standard InChI is InChI=1S/C13H11FO3/c1-16-12-4-2-3-9(13(12)14)7-11(15)10-5-6-17-8-10/h2-6,8H,7H2,1H3. The van der Waals surface area contributed by atoms with E-state index in [1.807, 2.05) is 0 Å². The second kappa shape index (κ2) is 4.82. The van der Waals surface area contributed by atoms with Crippen molar-refractivity contribution in [1.29, 1.82) is 0 Å².